The van der Waals surface area contributed by atoms with Gasteiger partial charge in [0.1, 0.15) is 17.5 Å². The average molecular weight is 344 g/mol. The van der Waals surface area contributed by atoms with E-state index in [0.29, 0.717) is 16.5 Å². The summed E-state index contributed by atoms with van der Waals surface area (Å²) >= 11 is 3.17. The minimum atomic E-state index is -0.500. The lowest BCUT2D eigenvalue weighted by atomic mass is 9.98. The molecular formula is C15H13BrF3N. The lowest BCUT2D eigenvalue weighted by Gasteiger charge is -2.18. The first-order valence-electron chi connectivity index (χ1n) is 6.08. The molecule has 0 radical (unpaired) electrons. The lowest BCUT2D eigenvalue weighted by molar-refractivity contribution is 0.520. The highest BCUT2D eigenvalue weighted by Gasteiger charge is 2.17. The van der Waals surface area contributed by atoms with E-state index in [-0.39, 0.29) is 11.4 Å². The maximum Gasteiger partial charge on any atom is 0.137 e. The second-order valence-corrected chi connectivity index (χ2v) is 5.22. The van der Waals surface area contributed by atoms with Crippen molar-refractivity contribution in [3.05, 3.63) is 69.4 Å². The van der Waals surface area contributed by atoms with Crippen molar-refractivity contribution in [3.8, 4) is 0 Å². The second kappa shape index (κ2) is 6.41. The van der Waals surface area contributed by atoms with E-state index >= 15 is 0 Å². The Balaban J connectivity index is 2.34. The lowest BCUT2D eigenvalue weighted by Crippen LogP contribution is -2.20. The van der Waals surface area contributed by atoms with Crippen molar-refractivity contribution >= 4 is 15.9 Å². The van der Waals surface area contributed by atoms with Crippen LogP contribution >= 0.6 is 15.9 Å². The van der Waals surface area contributed by atoms with Crippen molar-refractivity contribution in [1.29, 1.82) is 0 Å². The number of rotatable bonds is 4. The van der Waals surface area contributed by atoms with Crippen molar-refractivity contribution in [3.63, 3.8) is 0 Å². The SMILES string of the molecule is CNC(Cc1cccc(F)c1Br)c1cc(F)ccc1F. The second-order valence-electron chi connectivity index (χ2n) is 4.42. The average Bonchev–Trinajstić information content (AvgIpc) is 2.43. The highest BCUT2D eigenvalue weighted by atomic mass is 79.9. The third-order valence-electron chi connectivity index (χ3n) is 3.14. The van der Waals surface area contributed by atoms with Gasteiger partial charge in [0.15, 0.2) is 0 Å². The smallest absolute Gasteiger partial charge is 0.137 e. The van der Waals surface area contributed by atoms with Crippen LogP contribution in [0.1, 0.15) is 17.2 Å². The maximum absolute atomic E-state index is 13.8. The van der Waals surface area contributed by atoms with Crippen molar-refractivity contribution in [2.45, 2.75) is 12.5 Å². The molecule has 0 fully saturated rings. The molecule has 5 heteroatoms. The normalized spacial score (nSPS) is 12.4. The first-order valence-corrected chi connectivity index (χ1v) is 6.87. The van der Waals surface area contributed by atoms with Crippen LogP contribution in [0.15, 0.2) is 40.9 Å². The molecule has 2 aromatic carbocycles. The number of halogens is 4. The highest BCUT2D eigenvalue weighted by molar-refractivity contribution is 9.10. The van der Waals surface area contributed by atoms with Gasteiger partial charge in [-0.1, -0.05) is 12.1 Å². The fourth-order valence-electron chi connectivity index (χ4n) is 2.08. The van der Waals surface area contributed by atoms with E-state index in [0.717, 1.165) is 18.2 Å². The van der Waals surface area contributed by atoms with Gasteiger partial charge in [-0.2, -0.15) is 0 Å². The Morgan fingerprint density at radius 1 is 1.10 bits per heavy atom. The number of likely N-dealkylation sites (N-methyl/N-ethyl adjacent to an activating group) is 1. The summed E-state index contributed by atoms with van der Waals surface area (Å²) in [5.74, 6) is -1.37. The number of hydrogen-bond donors (Lipinski definition) is 1. The van der Waals surface area contributed by atoms with Gasteiger partial charge in [0, 0.05) is 11.6 Å². The molecule has 0 aliphatic carbocycles. The predicted octanol–water partition coefficient (Wildman–Crippen LogP) is 4.37. The molecule has 0 amide bonds. The molecule has 0 aromatic heterocycles. The Bertz CT molecular complexity index is 616. The largest absolute Gasteiger partial charge is 0.313 e. The molecule has 0 aliphatic rings. The van der Waals surface area contributed by atoms with Crippen LogP contribution in [0.4, 0.5) is 13.2 Å². The van der Waals surface area contributed by atoms with E-state index in [2.05, 4.69) is 21.2 Å². The molecule has 2 rings (SSSR count). The van der Waals surface area contributed by atoms with Crippen molar-refractivity contribution in [2.75, 3.05) is 7.05 Å². The van der Waals surface area contributed by atoms with Gasteiger partial charge in [-0.15, -0.1) is 0 Å². The van der Waals surface area contributed by atoms with Gasteiger partial charge in [0.2, 0.25) is 0 Å². The van der Waals surface area contributed by atoms with Gasteiger partial charge in [-0.05, 0) is 59.2 Å². The summed E-state index contributed by atoms with van der Waals surface area (Å²) in [5, 5.41) is 2.93. The fraction of sp³-hybridized carbons (Fsp3) is 0.200. The molecule has 0 saturated heterocycles. The first kappa shape index (κ1) is 15.1. The summed E-state index contributed by atoms with van der Waals surface area (Å²) in [6, 6.07) is 7.55. The van der Waals surface area contributed by atoms with E-state index in [1.807, 2.05) is 0 Å². The number of nitrogens with one attached hydrogen (secondary N) is 1. The Morgan fingerprint density at radius 3 is 2.55 bits per heavy atom. The first-order chi connectivity index (χ1) is 9.52. The molecule has 20 heavy (non-hydrogen) atoms. The van der Waals surface area contributed by atoms with Gasteiger partial charge in [0.25, 0.3) is 0 Å². The van der Waals surface area contributed by atoms with Crippen LogP contribution in [0, 0.1) is 17.5 Å². The van der Waals surface area contributed by atoms with Crippen LogP contribution in [0.3, 0.4) is 0 Å². The summed E-state index contributed by atoms with van der Waals surface area (Å²) in [6.07, 6.45) is 0.342. The summed E-state index contributed by atoms with van der Waals surface area (Å²) in [7, 11) is 1.65. The highest BCUT2D eigenvalue weighted by Crippen LogP contribution is 2.27. The van der Waals surface area contributed by atoms with Crippen LogP contribution < -0.4 is 5.32 Å². The Kier molecular flexibility index (Phi) is 4.83. The van der Waals surface area contributed by atoms with Crippen LogP contribution in [-0.4, -0.2) is 7.05 Å². The topological polar surface area (TPSA) is 12.0 Å². The Morgan fingerprint density at radius 2 is 1.85 bits per heavy atom. The van der Waals surface area contributed by atoms with E-state index in [9.17, 15) is 13.2 Å². The zero-order valence-corrected chi connectivity index (χ0v) is 12.3. The van der Waals surface area contributed by atoms with E-state index < -0.39 is 17.7 Å². The quantitative estimate of drug-likeness (QED) is 0.869. The van der Waals surface area contributed by atoms with Crippen molar-refractivity contribution in [1.82, 2.24) is 5.32 Å². The molecule has 1 N–H and O–H groups in total. The monoisotopic (exact) mass is 343 g/mol. The van der Waals surface area contributed by atoms with Crippen LogP contribution in [0.5, 0.6) is 0 Å². The van der Waals surface area contributed by atoms with Gasteiger partial charge < -0.3 is 5.32 Å². The van der Waals surface area contributed by atoms with Gasteiger partial charge in [-0.25, -0.2) is 13.2 Å². The minimum Gasteiger partial charge on any atom is -0.313 e. The van der Waals surface area contributed by atoms with E-state index in [1.54, 1.807) is 19.2 Å². The summed E-state index contributed by atoms with van der Waals surface area (Å²) in [6.45, 7) is 0. The maximum atomic E-state index is 13.8. The third kappa shape index (κ3) is 3.22. The minimum absolute atomic E-state index is 0.226. The van der Waals surface area contributed by atoms with Crippen LogP contribution in [0.2, 0.25) is 0 Å². The molecule has 0 spiro atoms. The fourth-order valence-corrected chi connectivity index (χ4v) is 2.50. The zero-order chi connectivity index (χ0) is 14.7. The summed E-state index contributed by atoms with van der Waals surface area (Å²) < 4.78 is 40.9. The molecule has 0 aliphatic heterocycles. The van der Waals surface area contributed by atoms with Crippen molar-refractivity contribution in [2.24, 2.45) is 0 Å². The number of hydrogen-bond acceptors (Lipinski definition) is 1. The standard InChI is InChI=1S/C15H13BrF3N/c1-20-14(11-8-10(17)5-6-12(11)18)7-9-3-2-4-13(19)15(9)16/h2-6,8,14,20H,7H2,1H3. The molecule has 1 nitrogen and oxygen atoms in total. The molecule has 0 heterocycles. The molecule has 1 unspecified atom stereocenters. The molecule has 2 aromatic rings. The Labute approximate surface area is 123 Å². The van der Waals surface area contributed by atoms with Gasteiger partial charge >= 0.3 is 0 Å². The Hall–Kier alpha value is -1.33. The molecule has 0 saturated carbocycles. The van der Waals surface area contributed by atoms with Gasteiger partial charge in [0.05, 0.1) is 4.47 Å². The molecule has 106 valence electrons. The summed E-state index contributed by atoms with van der Waals surface area (Å²) in [5.41, 5.74) is 0.914. The van der Waals surface area contributed by atoms with E-state index in [1.165, 1.54) is 6.07 Å². The van der Waals surface area contributed by atoms with Crippen LogP contribution in [0.25, 0.3) is 0 Å². The number of benzene rings is 2. The van der Waals surface area contributed by atoms with E-state index in [4.69, 9.17) is 0 Å². The summed E-state index contributed by atoms with van der Waals surface area (Å²) in [4.78, 5) is 0. The molecular weight excluding hydrogens is 331 g/mol. The van der Waals surface area contributed by atoms with Crippen molar-refractivity contribution < 1.29 is 13.2 Å². The zero-order valence-electron chi connectivity index (χ0n) is 10.8. The van der Waals surface area contributed by atoms with Gasteiger partial charge in [-0.3, -0.25) is 0 Å². The predicted molar refractivity (Wildman–Crippen MR) is 76.0 cm³/mol. The molecule has 1 atom stereocenters. The van der Waals surface area contributed by atoms with Crippen LogP contribution in [-0.2, 0) is 6.42 Å². The third-order valence-corrected chi connectivity index (χ3v) is 4.03. The molecule has 0 bridgehead atoms.